The maximum Gasteiger partial charge on any atom is 0.264 e. The average Bonchev–Trinajstić information content (AvgIpc) is 3.03. The van der Waals surface area contributed by atoms with Crippen molar-refractivity contribution >= 4 is 39.1 Å². The van der Waals surface area contributed by atoms with Crippen molar-refractivity contribution in [1.29, 1.82) is 0 Å². The number of amides is 2. The molecule has 2 amide bonds. The van der Waals surface area contributed by atoms with Crippen molar-refractivity contribution in [3.05, 3.63) is 120 Å². The van der Waals surface area contributed by atoms with Gasteiger partial charge in [0.15, 0.2) is 0 Å². The predicted molar refractivity (Wildman–Crippen MR) is 169 cm³/mol. The van der Waals surface area contributed by atoms with Gasteiger partial charge in [-0.1, -0.05) is 73.1 Å². The number of nitrogens with zero attached hydrogens (tertiary/aromatic N) is 2. The van der Waals surface area contributed by atoms with E-state index in [0.717, 1.165) is 10.7 Å². The molecule has 224 valence electrons. The van der Waals surface area contributed by atoms with E-state index in [4.69, 9.17) is 16.3 Å². The molecule has 0 bridgehead atoms. The fourth-order valence-electron chi connectivity index (χ4n) is 4.34. The standard InChI is InChI=1S/C33H34ClN3O5S/c1-3-22-35-33(39)25(2)36(23-26-12-10-11-17-31(26)34)32(38)24-37(43(40,41)30-15-8-5-9-16-30)27-18-20-29(21-19-27)42-28-13-6-4-7-14-28/h4-21,25H,3,22-24H2,1-2H3,(H,35,39)/t25-/m0/s1. The number of benzene rings is 4. The summed E-state index contributed by atoms with van der Waals surface area (Å²) in [6.45, 7) is 3.46. The number of hydrogen-bond donors (Lipinski definition) is 1. The molecule has 0 aliphatic carbocycles. The Labute approximate surface area is 257 Å². The van der Waals surface area contributed by atoms with E-state index < -0.39 is 28.5 Å². The Morgan fingerprint density at radius 2 is 1.42 bits per heavy atom. The van der Waals surface area contributed by atoms with Gasteiger partial charge in [0.05, 0.1) is 10.6 Å². The van der Waals surface area contributed by atoms with Crippen molar-refractivity contribution in [2.45, 2.75) is 37.8 Å². The van der Waals surface area contributed by atoms with E-state index in [9.17, 15) is 18.0 Å². The van der Waals surface area contributed by atoms with Gasteiger partial charge in [0, 0.05) is 18.1 Å². The van der Waals surface area contributed by atoms with Crippen LogP contribution in [0.2, 0.25) is 5.02 Å². The Hall–Kier alpha value is -4.34. The largest absolute Gasteiger partial charge is 0.457 e. The van der Waals surface area contributed by atoms with Crippen LogP contribution in [-0.4, -0.2) is 44.3 Å². The third-order valence-electron chi connectivity index (χ3n) is 6.73. The van der Waals surface area contributed by atoms with E-state index in [-0.39, 0.29) is 23.0 Å². The van der Waals surface area contributed by atoms with Gasteiger partial charge in [-0.25, -0.2) is 8.42 Å². The maximum absolute atomic E-state index is 14.0. The SMILES string of the molecule is CCCNC(=O)[C@H](C)N(Cc1ccccc1Cl)C(=O)CN(c1ccc(Oc2ccccc2)cc1)S(=O)(=O)c1ccccc1. The number of hydrogen-bond acceptors (Lipinski definition) is 5. The van der Waals surface area contributed by atoms with Gasteiger partial charge in [0.25, 0.3) is 10.0 Å². The lowest BCUT2D eigenvalue weighted by Gasteiger charge is -2.32. The van der Waals surface area contributed by atoms with Crippen LogP contribution in [0.5, 0.6) is 11.5 Å². The highest BCUT2D eigenvalue weighted by molar-refractivity contribution is 7.92. The molecule has 4 rings (SSSR count). The summed E-state index contributed by atoms with van der Waals surface area (Å²) in [5.41, 5.74) is 0.894. The molecule has 0 spiro atoms. The number of halogens is 1. The number of nitrogens with one attached hydrogen (secondary N) is 1. The fraction of sp³-hybridized carbons (Fsp3) is 0.212. The van der Waals surface area contributed by atoms with Crippen LogP contribution in [0.1, 0.15) is 25.8 Å². The Balaban J connectivity index is 1.69. The van der Waals surface area contributed by atoms with Crippen molar-refractivity contribution in [2.24, 2.45) is 0 Å². The van der Waals surface area contributed by atoms with Crippen LogP contribution in [0.25, 0.3) is 0 Å². The fourth-order valence-corrected chi connectivity index (χ4v) is 5.97. The topological polar surface area (TPSA) is 96.0 Å². The second-order valence-corrected chi connectivity index (χ2v) is 12.1. The molecule has 0 aliphatic rings. The monoisotopic (exact) mass is 619 g/mol. The summed E-state index contributed by atoms with van der Waals surface area (Å²) in [6.07, 6.45) is 0.726. The van der Waals surface area contributed by atoms with E-state index in [1.54, 1.807) is 73.7 Å². The Morgan fingerprint density at radius 3 is 2.05 bits per heavy atom. The minimum atomic E-state index is -4.18. The molecule has 1 atom stereocenters. The molecule has 8 nitrogen and oxygen atoms in total. The second-order valence-electron chi connectivity index (χ2n) is 9.81. The molecule has 10 heteroatoms. The molecule has 0 saturated carbocycles. The number of carbonyl (C=O) groups is 2. The summed E-state index contributed by atoms with van der Waals surface area (Å²) in [5, 5.41) is 3.26. The van der Waals surface area contributed by atoms with Crippen LogP contribution >= 0.6 is 11.6 Å². The average molecular weight is 620 g/mol. The number of para-hydroxylation sites is 1. The van der Waals surface area contributed by atoms with Crippen molar-refractivity contribution in [1.82, 2.24) is 10.2 Å². The minimum Gasteiger partial charge on any atom is -0.457 e. The van der Waals surface area contributed by atoms with Gasteiger partial charge in [-0.2, -0.15) is 0 Å². The third-order valence-corrected chi connectivity index (χ3v) is 8.89. The van der Waals surface area contributed by atoms with Crippen molar-refractivity contribution in [3.63, 3.8) is 0 Å². The van der Waals surface area contributed by atoms with Gasteiger partial charge in [-0.3, -0.25) is 13.9 Å². The highest BCUT2D eigenvalue weighted by atomic mass is 35.5. The quantitative estimate of drug-likeness (QED) is 0.190. The lowest BCUT2D eigenvalue weighted by molar-refractivity contribution is -0.139. The molecule has 4 aromatic rings. The number of sulfonamides is 1. The zero-order valence-corrected chi connectivity index (χ0v) is 25.6. The summed E-state index contributed by atoms with van der Waals surface area (Å²) >= 11 is 6.41. The van der Waals surface area contributed by atoms with Crippen LogP contribution in [-0.2, 0) is 26.2 Å². The van der Waals surface area contributed by atoms with E-state index >= 15 is 0 Å². The molecule has 4 aromatic carbocycles. The highest BCUT2D eigenvalue weighted by Gasteiger charge is 2.32. The molecule has 43 heavy (non-hydrogen) atoms. The van der Waals surface area contributed by atoms with Gasteiger partial charge >= 0.3 is 0 Å². The molecule has 0 saturated heterocycles. The summed E-state index contributed by atoms with van der Waals surface area (Å²) in [7, 11) is -4.18. The zero-order chi connectivity index (χ0) is 30.8. The third kappa shape index (κ3) is 8.15. The Morgan fingerprint density at radius 1 is 0.837 bits per heavy atom. The molecular formula is C33H34ClN3O5S. The lowest BCUT2D eigenvalue weighted by atomic mass is 10.1. The molecule has 0 aliphatic heterocycles. The smallest absolute Gasteiger partial charge is 0.264 e. The highest BCUT2D eigenvalue weighted by Crippen LogP contribution is 2.29. The number of anilines is 1. The van der Waals surface area contributed by atoms with Crippen molar-refractivity contribution in [3.8, 4) is 11.5 Å². The molecule has 0 unspecified atom stereocenters. The van der Waals surface area contributed by atoms with Crippen molar-refractivity contribution < 1.29 is 22.7 Å². The summed E-state index contributed by atoms with van der Waals surface area (Å²) in [5.74, 6) is 0.218. The van der Waals surface area contributed by atoms with Gasteiger partial charge in [-0.05, 0) is 73.5 Å². The van der Waals surface area contributed by atoms with E-state index in [0.29, 0.717) is 28.6 Å². The van der Waals surface area contributed by atoms with E-state index in [2.05, 4.69) is 5.32 Å². The first kappa shape index (κ1) is 31.6. The summed E-state index contributed by atoms with van der Waals surface area (Å²) in [6, 6.07) is 29.7. The number of ether oxygens (including phenoxy) is 1. The molecule has 1 N–H and O–H groups in total. The minimum absolute atomic E-state index is 0.0162. The van der Waals surface area contributed by atoms with E-state index in [1.807, 2.05) is 37.3 Å². The Bertz CT molecular complexity index is 1620. The van der Waals surface area contributed by atoms with Crippen LogP contribution in [0.4, 0.5) is 5.69 Å². The second kappa shape index (κ2) is 14.7. The van der Waals surface area contributed by atoms with Gasteiger partial charge in [0.1, 0.15) is 24.1 Å². The van der Waals surface area contributed by atoms with Crippen LogP contribution in [0.15, 0.2) is 114 Å². The lowest BCUT2D eigenvalue weighted by Crippen LogP contribution is -2.51. The molecular weight excluding hydrogens is 586 g/mol. The summed E-state index contributed by atoms with van der Waals surface area (Å²) in [4.78, 5) is 28.4. The van der Waals surface area contributed by atoms with Crippen LogP contribution in [0, 0.1) is 0 Å². The first-order valence-corrected chi connectivity index (χ1v) is 15.7. The van der Waals surface area contributed by atoms with Crippen LogP contribution < -0.4 is 14.4 Å². The normalized spacial score (nSPS) is 11.8. The molecule has 0 heterocycles. The predicted octanol–water partition coefficient (Wildman–Crippen LogP) is 6.27. The van der Waals surface area contributed by atoms with E-state index in [1.165, 1.54) is 17.0 Å². The first-order chi connectivity index (χ1) is 20.7. The Kier molecular flexibility index (Phi) is 10.8. The number of rotatable bonds is 13. The molecule has 0 fully saturated rings. The van der Waals surface area contributed by atoms with Crippen molar-refractivity contribution in [2.75, 3.05) is 17.4 Å². The maximum atomic E-state index is 14.0. The first-order valence-electron chi connectivity index (χ1n) is 13.9. The number of carbonyl (C=O) groups excluding carboxylic acids is 2. The zero-order valence-electron chi connectivity index (χ0n) is 24.0. The molecule has 0 aromatic heterocycles. The van der Waals surface area contributed by atoms with Gasteiger partial charge in [-0.15, -0.1) is 0 Å². The van der Waals surface area contributed by atoms with Gasteiger partial charge in [0.2, 0.25) is 11.8 Å². The molecule has 0 radical (unpaired) electrons. The van der Waals surface area contributed by atoms with Crippen LogP contribution in [0.3, 0.4) is 0 Å². The van der Waals surface area contributed by atoms with Gasteiger partial charge < -0.3 is 15.0 Å². The summed E-state index contributed by atoms with van der Waals surface area (Å²) < 4.78 is 34.8.